The lowest BCUT2D eigenvalue weighted by atomic mass is 10.3. The third-order valence-electron chi connectivity index (χ3n) is 2.59. The molecule has 0 bridgehead atoms. The minimum absolute atomic E-state index is 0. The lowest BCUT2D eigenvalue weighted by Gasteiger charge is -2.13. The van der Waals surface area contributed by atoms with Gasteiger partial charge in [-0.1, -0.05) is 0 Å². The highest BCUT2D eigenvalue weighted by molar-refractivity contribution is 7.91. The van der Waals surface area contributed by atoms with Crippen molar-refractivity contribution in [3.8, 4) is 0 Å². The molecule has 0 fully saturated rings. The lowest BCUT2D eigenvalue weighted by Crippen LogP contribution is -2.21. The van der Waals surface area contributed by atoms with E-state index in [4.69, 9.17) is 10.2 Å². The van der Waals surface area contributed by atoms with Crippen LogP contribution in [0, 0.1) is 5.82 Å². The molecule has 2 aromatic rings. The SMILES string of the molecule is Cl.NCC(c1ccco1)S(=O)(=O)c1ccc(F)cc1. The first kappa shape index (κ1) is 15.7. The van der Waals surface area contributed by atoms with Crippen LogP contribution < -0.4 is 5.73 Å². The largest absolute Gasteiger partial charge is 0.468 e. The number of benzene rings is 1. The van der Waals surface area contributed by atoms with Crippen LogP contribution in [0.15, 0.2) is 52.0 Å². The van der Waals surface area contributed by atoms with E-state index in [2.05, 4.69) is 0 Å². The van der Waals surface area contributed by atoms with E-state index in [1.807, 2.05) is 0 Å². The Hall–Kier alpha value is -1.37. The number of sulfone groups is 1. The summed E-state index contributed by atoms with van der Waals surface area (Å²) in [6, 6.07) is 7.79. The van der Waals surface area contributed by atoms with Gasteiger partial charge >= 0.3 is 0 Å². The first-order valence-electron chi connectivity index (χ1n) is 5.28. The molecule has 1 heterocycles. The quantitative estimate of drug-likeness (QED) is 0.880. The van der Waals surface area contributed by atoms with Crippen molar-refractivity contribution in [3.63, 3.8) is 0 Å². The van der Waals surface area contributed by atoms with Crippen molar-refractivity contribution in [3.05, 3.63) is 54.2 Å². The van der Waals surface area contributed by atoms with E-state index in [1.165, 1.54) is 18.4 Å². The fourth-order valence-electron chi connectivity index (χ4n) is 1.66. The van der Waals surface area contributed by atoms with E-state index in [0.717, 1.165) is 12.1 Å². The maximum atomic E-state index is 12.8. The van der Waals surface area contributed by atoms with Crippen LogP contribution in [0.1, 0.15) is 11.0 Å². The van der Waals surface area contributed by atoms with Crippen molar-refractivity contribution >= 4 is 22.2 Å². The fourth-order valence-corrected chi connectivity index (χ4v) is 3.20. The highest BCUT2D eigenvalue weighted by Gasteiger charge is 2.30. The lowest BCUT2D eigenvalue weighted by molar-refractivity contribution is 0.492. The Morgan fingerprint density at radius 2 is 1.84 bits per heavy atom. The van der Waals surface area contributed by atoms with Gasteiger partial charge in [0.15, 0.2) is 9.84 Å². The molecule has 0 saturated heterocycles. The summed E-state index contributed by atoms with van der Waals surface area (Å²) >= 11 is 0. The van der Waals surface area contributed by atoms with Crippen LogP contribution in [-0.4, -0.2) is 15.0 Å². The summed E-state index contributed by atoms with van der Waals surface area (Å²) in [5.74, 6) is -0.210. The van der Waals surface area contributed by atoms with Crippen molar-refractivity contribution in [2.75, 3.05) is 6.54 Å². The average molecular weight is 306 g/mol. The topological polar surface area (TPSA) is 73.3 Å². The van der Waals surface area contributed by atoms with Gasteiger partial charge in [0.2, 0.25) is 0 Å². The van der Waals surface area contributed by atoms with Crippen LogP contribution in [0.3, 0.4) is 0 Å². The number of nitrogens with two attached hydrogens (primary N) is 1. The molecule has 0 spiro atoms. The summed E-state index contributed by atoms with van der Waals surface area (Å²) in [6.07, 6.45) is 1.39. The van der Waals surface area contributed by atoms with E-state index >= 15 is 0 Å². The Morgan fingerprint density at radius 1 is 1.21 bits per heavy atom. The predicted molar refractivity (Wildman–Crippen MR) is 71.3 cm³/mol. The molecule has 19 heavy (non-hydrogen) atoms. The molecule has 2 N–H and O–H groups in total. The molecule has 0 radical (unpaired) electrons. The third kappa shape index (κ3) is 3.15. The number of rotatable bonds is 4. The molecular formula is C12H13ClFNO3S. The molecule has 7 heteroatoms. The van der Waals surface area contributed by atoms with Crippen LogP contribution in [0.4, 0.5) is 4.39 Å². The minimum Gasteiger partial charge on any atom is -0.468 e. The molecule has 104 valence electrons. The predicted octanol–water partition coefficient (Wildman–Crippen LogP) is 2.31. The van der Waals surface area contributed by atoms with Gasteiger partial charge < -0.3 is 10.2 Å². The average Bonchev–Trinajstić information content (AvgIpc) is 2.84. The zero-order chi connectivity index (χ0) is 13.2. The summed E-state index contributed by atoms with van der Waals surface area (Å²) in [5, 5.41) is -0.960. The second kappa shape index (κ2) is 6.18. The second-order valence-electron chi connectivity index (χ2n) is 3.74. The molecule has 0 aliphatic heterocycles. The van der Waals surface area contributed by atoms with Gasteiger partial charge in [0.25, 0.3) is 0 Å². The van der Waals surface area contributed by atoms with Crippen LogP contribution in [-0.2, 0) is 9.84 Å². The Kier molecular flexibility index (Phi) is 5.11. The summed E-state index contributed by atoms with van der Waals surface area (Å²) in [7, 11) is -3.68. The highest BCUT2D eigenvalue weighted by Crippen LogP contribution is 2.28. The highest BCUT2D eigenvalue weighted by atomic mass is 35.5. The van der Waals surface area contributed by atoms with E-state index in [0.29, 0.717) is 0 Å². The molecule has 2 rings (SSSR count). The van der Waals surface area contributed by atoms with Crippen molar-refractivity contribution < 1.29 is 17.2 Å². The van der Waals surface area contributed by atoms with Crippen LogP contribution in [0.25, 0.3) is 0 Å². The molecule has 1 aromatic heterocycles. The van der Waals surface area contributed by atoms with Crippen LogP contribution >= 0.6 is 12.4 Å². The molecule has 0 aliphatic rings. The van der Waals surface area contributed by atoms with E-state index in [9.17, 15) is 12.8 Å². The molecular weight excluding hydrogens is 293 g/mol. The normalized spacial score (nSPS) is 12.7. The van der Waals surface area contributed by atoms with Gasteiger partial charge in [0.05, 0.1) is 11.2 Å². The van der Waals surface area contributed by atoms with E-state index < -0.39 is 20.9 Å². The van der Waals surface area contributed by atoms with Crippen molar-refractivity contribution in [2.45, 2.75) is 10.1 Å². The molecule has 0 saturated carbocycles. The van der Waals surface area contributed by atoms with Crippen LogP contribution in [0.2, 0.25) is 0 Å². The van der Waals surface area contributed by atoms with Gasteiger partial charge in [-0.3, -0.25) is 0 Å². The zero-order valence-electron chi connectivity index (χ0n) is 9.82. The first-order chi connectivity index (χ1) is 8.55. The number of halogens is 2. The number of hydrogen-bond donors (Lipinski definition) is 1. The summed E-state index contributed by atoms with van der Waals surface area (Å²) in [5.41, 5.74) is 5.50. The number of hydrogen-bond acceptors (Lipinski definition) is 4. The molecule has 1 aromatic carbocycles. The zero-order valence-corrected chi connectivity index (χ0v) is 11.5. The second-order valence-corrected chi connectivity index (χ2v) is 5.87. The molecule has 1 atom stereocenters. The Labute approximate surface area is 116 Å². The number of furan rings is 1. The van der Waals surface area contributed by atoms with Gasteiger partial charge in [-0.25, -0.2) is 12.8 Å². The first-order valence-corrected chi connectivity index (χ1v) is 6.83. The van der Waals surface area contributed by atoms with Crippen molar-refractivity contribution in [2.24, 2.45) is 5.73 Å². The van der Waals surface area contributed by atoms with Gasteiger partial charge in [-0.15, -0.1) is 12.4 Å². The molecule has 1 unspecified atom stereocenters. The molecule has 0 aliphatic carbocycles. The Bertz CT molecular complexity index is 611. The monoisotopic (exact) mass is 305 g/mol. The van der Waals surface area contributed by atoms with Crippen molar-refractivity contribution in [1.29, 1.82) is 0 Å². The van der Waals surface area contributed by atoms with Gasteiger partial charge in [0.1, 0.15) is 16.8 Å². The van der Waals surface area contributed by atoms with Gasteiger partial charge in [0, 0.05) is 6.54 Å². The Morgan fingerprint density at radius 3 is 2.32 bits per heavy atom. The summed E-state index contributed by atoms with van der Waals surface area (Å²) < 4.78 is 42.5. The van der Waals surface area contributed by atoms with Gasteiger partial charge in [-0.05, 0) is 36.4 Å². The van der Waals surface area contributed by atoms with Crippen LogP contribution in [0.5, 0.6) is 0 Å². The Balaban J connectivity index is 0.00000180. The fraction of sp³-hybridized carbons (Fsp3) is 0.167. The van der Waals surface area contributed by atoms with Gasteiger partial charge in [-0.2, -0.15) is 0 Å². The standard InChI is InChI=1S/C12H12FNO3S.ClH/c13-9-3-5-10(6-4-9)18(15,16)12(8-14)11-2-1-7-17-11;/h1-7,12H,8,14H2;1H. The smallest absolute Gasteiger partial charge is 0.189 e. The van der Waals surface area contributed by atoms with E-state index in [-0.39, 0.29) is 29.6 Å². The molecule has 4 nitrogen and oxygen atoms in total. The minimum atomic E-state index is -3.68. The summed E-state index contributed by atoms with van der Waals surface area (Å²) in [4.78, 5) is 0.0238. The summed E-state index contributed by atoms with van der Waals surface area (Å²) in [6.45, 7) is -0.104. The molecule has 0 amide bonds. The maximum absolute atomic E-state index is 12.8. The van der Waals surface area contributed by atoms with E-state index in [1.54, 1.807) is 12.1 Å². The third-order valence-corrected chi connectivity index (χ3v) is 4.69. The van der Waals surface area contributed by atoms with Crippen molar-refractivity contribution in [1.82, 2.24) is 0 Å². The maximum Gasteiger partial charge on any atom is 0.189 e.